The third-order valence-corrected chi connectivity index (χ3v) is 10.6. The maximum Gasteiger partial charge on any atom is 0.227 e. The summed E-state index contributed by atoms with van der Waals surface area (Å²) in [5.41, 5.74) is -0.250. The van der Waals surface area contributed by atoms with Gasteiger partial charge in [0, 0.05) is 5.41 Å². The first-order chi connectivity index (χ1) is 8.79. The van der Waals surface area contributed by atoms with Crippen molar-refractivity contribution < 1.29 is 9.59 Å². The predicted octanol–water partition coefficient (Wildman–Crippen LogP) is 3.62. The van der Waals surface area contributed by atoms with Crippen LogP contribution in [0.5, 0.6) is 0 Å². The molecule has 20 heavy (non-hydrogen) atoms. The van der Waals surface area contributed by atoms with E-state index in [1.165, 1.54) is 6.92 Å². The number of hydrogen-bond donors (Lipinski definition) is 0. The van der Waals surface area contributed by atoms with Crippen LogP contribution in [0.4, 0.5) is 0 Å². The third kappa shape index (κ3) is 2.39. The fourth-order valence-electron chi connectivity index (χ4n) is 2.75. The molecule has 114 valence electrons. The zero-order chi connectivity index (χ0) is 16.1. The molecule has 0 bridgehead atoms. The van der Waals surface area contributed by atoms with Gasteiger partial charge in [-0.05, 0) is 12.0 Å². The van der Waals surface area contributed by atoms with E-state index in [9.17, 15) is 9.59 Å². The van der Waals surface area contributed by atoms with Gasteiger partial charge in [0.1, 0.15) is 11.7 Å². The van der Waals surface area contributed by atoms with Gasteiger partial charge in [0.25, 0.3) is 0 Å². The van der Waals surface area contributed by atoms with Crippen molar-refractivity contribution in [3.8, 4) is 0 Å². The molecule has 1 saturated heterocycles. The van der Waals surface area contributed by atoms with Gasteiger partial charge in [-0.15, -0.1) is 6.58 Å². The van der Waals surface area contributed by atoms with Gasteiger partial charge in [-0.1, -0.05) is 53.8 Å². The highest BCUT2D eigenvalue weighted by atomic mass is 28.3. The number of rotatable bonds is 4. The van der Waals surface area contributed by atoms with Crippen LogP contribution in [0.15, 0.2) is 12.7 Å². The maximum absolute atomic E-state index is 12.6. The van der Waals surface area contributed by atoms with E-state index in [2.05, 4.69) is 54.3 Å². The van der Waals surface area contributed by atoms with E-state index >= 15 is 0 Å². The minimum Gasteiger partial charge on any atom is -0.364 e. The molecule has 0 aromatic heterocycles. The Morgan fingerprint density at radius 1 is 1.25 bits per heavy atom. The van der Waals surface area contributed by atoms with E-state index in [1.807, 2.05) is 10.6 Å². The van der Waals surface area contributed by atoms with Crippen molar-refractivity contribution in [2.75, 3.05) is 0 Å². The topological polar surface area (TPSA) is 37.4 Å². The second-order valence-corrected chi connectivity index (χ2v) is 13.2. The van der Waals surface area contributed by atoms with Crippen LogP contribution < -0.4 is 0 Å². The van der Waals surface area contributed by atoms with Gasteiger partial charge in [0.15, 0.2) is 8.24 Å². The van der Waals surface area contributed by atoms with E-state index in [0.717, 1.165) is 0 Å². The van der Waals surface area contributed by atoms with Crippen LogP contribution in [-0.4, -0.2) is 30.5 Å². The molecule has 1 aliphatic heterocycles. The Balaban J connectivity index is 3.30. The molecule has 0 saturated carbocycles. The summed E-state index contributed by atoms with van der Waals surface area (Å²) in [5.74, 6) is -0.494. The SMILES string of the molecule is C=CC(C)(C)C1C(C(C)=O)C(=O)N1[Si](C)(C)C(C)(C)C. The van der Waals surface area contributed by atoms with Crippen molar-refractivity contribution in [3.63, 3.8) is 0 Å². The van der Waals surface area contributed by atoms with Crippen LogP contribution in [0, 0.1) is 11.3 Å². The Morgan fingerprint density at radius 2 is 1.70 bits per heavy atom. The summed E-state index contributed by atoms with van der Waals surface area (Å²) in [7, 11) is -1.98. The Labute approximate surface area is 124 Å². The van der Waals surface area contributed by atoms with Crippen LogP contribution in [0.1, 0.15) is 41.5 Å². The minimum atomic E-state index is -1.98. The monoisotopic (exact) mass is 295 g/mol. The Hall–Kier alpha value is -0.903. The molecule has 3 nitrogen and oxygen atoms in total. The first-order valence-corrected chi connectivity index (χ1v) is 10.2. The highest BCUT2D eigenvalue weighted by Crippen LogP contribution is 2.49. The fourth-order valence-corrected chi connectivity index (χ4v) is 5.34. The first-order valence-electron chi connectivity index (χ1n) is 7.26. The molecule has 0 aromatic carbocycles. The lowest BCUT2D eigenvalue weighted by Crippen LogP contribution is -2.76. The molecule has 0 aliphatic carbocycles. The average molecular weight is 295 g/mol. The van der Waals surface area contributed by atoms with Gasteiger partial charge < -0.3 is 4.57 Å². The number of ketones is 1. The average Bonchev–Trinajstić information content (AvgIpc) is 2.22. The van der Waals surface area contributed by atoms with Crippen molar-refractivity contribution in [2.24, 2.45) is 11.3 Å². The third-order valence-electron chi connectivity index (χ3n) is 5.26. The van der Waals surface area contributed by atoms with Gasteiger partial charge >= 0.3 is 0 Å². The first kappa shape index (κ1) is 17.1. The lowest BCUT2D eigenvalue weighted by molar-refractivity contribution is -0.158. The number of hydrogen-bond acceptors (Lipinski definition) is 2. The summed E-state index contributed by atoms with van der Waals surface area (Å²) >= 11 is 0. The van der Waals surface area contributed by atoms with E-state index in [1.54, 1.807) is 0 Å². The van der Waals surface area contributed by atoms with Crippen LogP contribution in [0.2, 0.25) is 18.1 Å². The van der Waals surface area contributed by atoms with Crippen molar-refractivity contribution in [1.82, 2.24) is 4.57 Å². The molecule has 4 heteroatoms. The summed E-state index contributed by atoms with van der Waals surface area (Å²) in [4.78, 5) is 24.4. The molecule has 1 fully saturated rings. The zero-order valence-electron chi connectivity index (χ0n) is 14.2. The Morgan fingerprint density at radius 3 is 2.00 bits per heavy atom. The second-order valence-electron chi connectivity index (χ2n) is 8.08. The number of nitrogens with zero attached hydrogens (tertiary/aromatic N) is 1. The predicted molar refractivity (Wildman–Crippen MR) is 86.0 cm³/mol. The van der Waals surface area contributed by atoms with Crippen LogP contribution in [-0.2, 0) is 9.59 Å². The molecule has 1 rings (SSSR count). The van der Waals surface area contributed by atoms with Gasteiger partial charge in [-0.25, -0.2) is 0 Å². The molecule has 2 unspecified atom stereocenters. The lowest BCUT2D eigenvalue weighted by atomic mass is 9.71. The molecular formula is C16H29NO2Si. The van der Waals surface area contributed by atoms with Gasteiger partial charge in [0.2, 0.25) is 5.91 Å². The van der Waals surface area contributed by atoms with Crippen molar-refractivity contribution in [2.45, 2.75) is 65.7 Å². The lowest BCUT2D eigenvalue weighted by Gasteiger charge is -2.61. The van der Waals surface area contributed by atoms with Gasteiger partial charge in [-0.2, -0.15) is 0 Å². The highest BCUT2D eigenvalue weighted by molar-refractivity contribution is 6.80. The minimum absolute atomic E-state index is 0.0176. The Bertz CT molecular complexity index is 446. The number of amides is 1. The van der Waals surface area contributed by atoms with Gasteiger partial charge in [-0.3, -0.25) is 9.59 Å². The quantitative estimate of drug-likeness (QED) is 0.344. The summed E-state index contributed by atoms with van der Waals surface area (Å²) < 4.78 is 2.04. The molecule has 1 aliphatic rings. The van der Waals surface area contributed by atoms with E-state index in [0.29, 0.717) is 0 Å². The molecule has 0 radical (unpaired) electrons. The smallest absolute Gasteiger partial charge is 0.227 e. The van der Waals surface area contributed by atoms with Crippen molar-refractivity contribution in [1.29, 1.82) is 0 Å². The molecule has 2 atom stereocenters. The van der Waals surface area contributed by atoms with E-state index < -0.39 is 14.2 Å². The van der Waals surface area contributed by atoms with Crippen molar-refractivity contribution in [3.05, 3.63) is 12.7 Å². The highest BCUT2D eigenvalue weighted by Gasteiger charge is 2.62. The van der Waals surface area contributed by atoms with Gasteiger partial charge in [0.05, 0.1) is 6.04 Å². The number of β-lactam (4-membered cyclic amide) rings is 1. The summed E-state index contributed by atoms with van der Waals surface area (Å²) in [6.45, 7) is 20.5. The molecular weight excluding hydrogens is 266 g/mol. The summed E-state index contributed by atoms with van der Waals surface area (Å²) in [6, 6.07) is -0.0501. The van der Waals surface area contributed by atoms with Crippen LogP contribution in [0.25, 0.3) is 0 Å². The Kier molecular flexibility index (Phi) is 4.14. The molecule has 0 N–H and O–H groups in total. The fraction of sp³-hybridized carbons (Fsp3) is 0.750. The maximum atomic E-state index is 12.6. The van der Waals surface area contributed by atoms with Crippen molar-refractivity contribution >= 4 is 19.9 Å². The van der Waals surface area contributed by atoms with E-state index in [4.69, 9.17) is 0 Å². The van der Waals surface area contributed by atoms with Crippen LogP contribution >= 0.6 is 0 Å². The number of Topliss-reactive ketones (excluding diaryl/α,β-unsaturated/α-hetero) is 1. The standard InChI is InChI=1S/C16H29NO2Si/c1-10-16(6,7)13-12(11(2)18)14(19)17(13)20(8,9)15(3,4)5/h10,12-13H,1H2,2-9H3. The number of carbonyl (C=O) groups excluding carboxylic acids is 2. The second kappa shape index (κ2) is 4.83. The number of carbonyl (C=O) groups is 2. The molecule has 1 amide bonds. The molecule has 1 heterocycles. The van der Waals surface area contributed by atoms with Crippen LogP contribution in [0.3, 0.4) is 0 Å². The summed E-state index contributed by atoms with van der Waals surface area (Å²) in [6.07, 6.45) is 1.88. The molecule has 0 spiro atoms. The largest absolute Gasteiger partial charge is 0.364 e. The normalized spacial score (nSPS) is 24.4. The molecule has 0 aromatic rings. The van der Waals surface area contributed by atoms with E-state index in [-0.39, 0.29) is 28.2 Å². The summed E-state index contributed by atoms with van der Waals surface area (Å²) in [5, 5.41) is 0.0694. The zero-order valence-corrected chi connectivity index (χ0v) is 15.2.